The third-order valence-corrected chi connectivity index (χ3v) is 8.83. The van der Waals surface area contributed by atoms with Crippen LogP contribution in [-0.2, 0) is 19.0 Å². The number of methoxy groups -OCH3 is 1. The van der Waals surface area contributed by atoms with E-state index in [2.05, 4.69) is 0 Å². The maximum absolute atomic E-state index is 13.6. The maximum atomic E-state index is 13.6. The fraction of sp³-hybridized carbons (Fsp3) is 0.500. The molecule has 7 atom stereocenters. The van der Waals surface area contributed by atoms with Crippen molar-refractivity contribution in [3.8, 4) is 17.2 Å². The number of aliphatic hydroxyl groups excluding tert-OH is 1. The summed E-state index contributed by atoms with van der Waals surface area (Å²) in [5.41, 5.74) is -3.00. The number of aromatic hydroxyl groups is 3. The minimum atomic E-state index is -1.73. The molecule has 0 saturated carbocycles. The molecule has 3 aliphatic rings. The van der Waals surface area contributed by atoms with Crippen LogP contribution in [0.25, 0.3) is 0 Å². The summed E-state index contributed by atoms with van der Waals surface area (Å²) in [7, 11) is 4.77. The molecule has 12 heteroatoms. The summed E-state index contributed by atoms with van der Waals surface area (Å²) in [4.78, 5) is 42.2. The van der Waals surface area contributed by atoms with Crippen molar-refractivity contribution in [3.63, 3.8) is 0 Å². The molecule has 2 aromatic carbocycles. The molecule has 0 bridgehead atoms. The number of nitrogens with zero attached hydrogens (tertiary/aromatic N) is 1. The van der Waals surface area contributed by atoms with Crippen LogP contribution in [0.2, 0.25) is 0 Å². The van der Waals surface area contributed by atoms with Gasteiger partial charge in [0, 0.05) is 41.6 Å². The predicted octanol–water partition coefficient (Wildman–Crippen LogP) is 1.86. The number of ether oxygens (including phenoxy) is 3. The summed E-state index contributed by atoms with van der Waals surface area (Å²) in [5, 5.41) is 54.5. The minimum Gasteiger partial charge on any atom is -0.508 e. The van der Waals surface area contributed by atoms with Crippen LogP contribution in [0.5, 0.6) is 17.2 Å². The van der Waals surface area contributed by atoms with E-state index in [1.165, 1.54) is 6.07 Å². The number of carbonyl (C=O) groups is 3. The van der Waals surface area contributed by atoms with Gasteiger partial charge in [0.05, 0.1) is 42.1 Å². The summed E-state index contributed by atoms with van der Waals surface area (Å²) in [5.74, 6) is -5.51. The molecule has 2 aliphatic carbocycles. The maximum Gasteiger partial charge on any atom is 0.316 e. The van der Waals surface area contributed by atoms with Crippen LogP contribution in [-0.4, -0.2) is 99.3 Å². The van der Waals surface area contributed by atoms with Crippen LogP contribution in [0.15, 0.2) is 18.2 Å². The highest BCUT2D eigenvalue weighted by molar-refractivity contribution is 6.30. The first-order valence-electron chi connectivity index (χ1n) is 13.7. The minimum absolute atomic E-state index is 0.00826. The Kier molecular flexibility index (Phi) is 7.57. The molecular weight excluding hydrogens is 550 g/mol. The van der Waals surface area contributed by atoms with E-state index in [-0.39, 0.29) is 53.1 Å². The first-order chi connectivity index (χ1) is 19.7. The zero-order valence-corrected chi connectivity index (χ0v) is 24.0. The standard InChI is InChI=1S/C30H35NO11/c1-6-30(39)11-19(42-20-10-17(31(3)4)25(34)12(2)41-20)22-14(24(30)29(38)40-5)9-16-23(28(22)37)27(36)21-15(26(16)35)7-13(32)8-18(21)33/h7-9,12,17,19-20,24-25,32-34,37,39H,6,10-11H2,1-5H3/t12-,17-,19?,20-,24?,25+,30?/m0/s1. The number of phenols is 3. The van der Waals surface area contributed by atoms with Gasteiger partial charge < -0.3 is 44.6 Å². The number of hydrogen-bond donors (Lipinski definition) is 5. The average molecular weight is 586 g/mol. The molecular formula is C30H35NO11. The van der Waals surface area contributed by atoms with Gasteiger partial charge >= 0.3 is 5.97 Å². The van der Waals surface area contributed by atoms with Gasteiger partial charge in [0.2, 0.25) is 5.78 Å². The highest BCUT2D eigenvalue weighted by Gasteiger charge is 2.53. The van der Waals surface area contributed by atoms with Crippen LogP contribution in [0.1, 0.15) is 88.1 Å². The lowest BCUT2D eigenvalue weighted by Gasteiger charge is -2.46. The number of likely N-dealkylation sites (N-methyl/N-ethyl adjacent to an activating group) is 1. The number of fused-ring (bicyclic) bond motifs is 3. The molecule has 0 aromatic heterocycles. The third-order valence-electron chi connectivity index (χ3n) is 8.83. The summed E-state index contributed by atoms with van der Waals surface area (Å²) < 4.78 is 17.3. The van der Waals surface area contributed by atoms with Gasteiger partial charge in [0.1, 0.15) is 23.2 Å². The molecule has 0 amide bonds. The van der Waals surface area contributed by atoms with Crippen LogP contribution in [0.4, 0.5) is 0 Å². The van der Waals surface area contributed by atoms with Crippen molar-refractivity contribution in [2.24, 2.45) is 0 Å². The van der Waals surface area contributed by atoms with E-state index in [4.69, 9.17) is 14.2 Å². The second-order valence-corrected chi connectivity index (χ2v) is 11.5. The van der Waals surface area contributed by atoms with Crippen molar-refractivity contribution in [2.45, 2.75) is 75.3 Å². The highest BCUT2D eigenvalue weighted by atomic mass is 16.7. The van der Waals surface area contributed by atoms with Gasteiger partial charge in [-0.05, 0) is 45.1 Å². The van der Waals surface area contributed by atoms with Gasteiger partial charge in [-0.3, -0.25) is 14.4 Å². The Morgan fingerprint density at radius 2 is 1.76 bits per heavy atom. The lowest BCUT2D eigenvalue weighted by molar-refractivity contribution is -0.258. The zero-order chi connectivity index (χ0) is 30.8. The molecule has 0 spiro atoms. The van der Waals surface area contributed by atoms with Gasteiger partial charge in [-0.2, -0.15) is 0 Å². The zero-order valence-electron chi connectivity index (χ0n) is 24.0. The van der Waals surface area contributed by atoms with Gasteiger partial charge in [-0.1, -0.05) is 6.92 Å². The summed E-state index contributed by atoms with van der Waals surface area (Å²) >= 11 is 0. The molecule has 226 valence electrons. The fourth-order valence-electron chi connectivity index (χ4n) is 6.56. The number of ketones is 2. The summed E-state index contributed by atoms with van der Waals surface area (Å²) in [6.45, 7) is 3.37. The molecule has 2 aromatic rings. The molecule has 5 N–H and O–H groups in total. The largest absolute Gasteiger partial charge is 0.508 e. The Labute approximate surface area is 242 Å². The third kappa shape index (κ3) is 4.54. The van der Waals surface area contributed by atoms with Crippen LogP contribution < -0.4 is 0 Å². The second kappa shape index (κ2) is 10.6. The van der Waals surface area contributed by atoms with Crippen LogP contribution in [0.3, 0.4) is 0 Å². The Hall–Kier alpha value is -3.55. The van der Waals surface area contributed by atoms with Crippen molar-refractivity contribution in [1.29, 1.82) is 0 Å². The van der Waals surface area contributed by atoms with E-state index in [1.54, 1.807) is 13.8 Å². The molecule has 1 heterocycles. The summed E-state index contributed by atoms with van der Waals surface area (Å²) in [6.07, 6.45) is -3.30. The smallest absolute Gasteiger partial charge is 0.316 e. The van der Waals surface area contributed by atoms with E-state index in [0.717, 1.165) is 19.2 Å². The van der Waals surface area contributed by atoms with Gasteiger partial charge in [-0.15, -0.1) is 0 Å². The van der Waals surface area contributed by atoms with Gasteiger partial charge in [0.15, 0.2) is 12.1 Å². The molecule has 3 unspecified atom stereocenters. The van der Waals surface area contributed by atoms with Crippen LogP contribution in [0, 0.1) is 0 Å². The quantitative estimate of drug-likeness (QED) is 0.274. The fourth-order valence-corrected chi connectivity index (χ4v) is 6.56. The average Bonchev–Trinajstić information content (AvgIpc) is 2.92. The van der Waals surface area contributed by atoms with Gasteiger partial charge in [0.25, 0.3) is 0 Å². The van der Waals surface area contributed by atoms with E-state index in [9.17, 15) is 39.9 Å². The normalized spacial score (nSPS) is 30.5. The van der Waals surface area contributed by atoms with Gasteiger partial charge in [-0.25, -0.2) is 0 Å². The second-order valence-electron chi connectivity index (χ2n) is 11.5. The Morgan fingerprint density at radius 1 is 1.10 bits per heavy atom. The lowest BCUT2D eigenvalue weighted by Crippen LogP contribution is -2.54. The number of hydrogen-bond acceptors (Lipinski definition) is 12. The monoisotopic (exact) mass is 585 g/mol. The topological polar surface area (TPSA) is 183 Å². The van der Waals surface area contributed by atoms with E-state index >= 15 is 0 Å². The highest BCUT2D eigenvalue weighted by Crippen LogP contribution is 2.54. The van der Waals surface area contributed by atoms with Crippen molar-refractivity contribution in [1.82, 2.24) is 4.90 Å². The molecule has 0 radical (unpaired) electrons. The van der Waals surface area contributed by atoms with Crippen molar-refractivity contribution < 1.29 is 54.1 Å². The first kappa shape index (κ1) is 29.9. The SMILES string of the molecule is CCC1(O)CC(O[C@H]2C[C@H](N(C)C)[C@H](O)[C@H](C)O2)c2c(cc3c(c2O)C(=O)c2c(O)cc(O)cc2C3=O)C1C(=O)OC. The number of rotatable bonds is 5. The molecule has 1 saturated heterocycles. The lowest BCUT2D eigenvalue weighted by atomic mass is 9.67. The summed E-state index contributed by atoms with van der Waals surface area (Å²) in [6, 6.07) is 2.89. The molecule has 1 fully saturated rings. The van der Waals surface area contributed by atoms with E-state index in [1.807, 2.05) is 19.0 Å². The number of benzene rings is 2. The van der Waals surface area contributed by atoms with Crippen LogP contribution >= 0.6 is 0 Å². The van der Waals surface area contributed by atoms with E-state index < -0.39 is 76.5 Å². The first-order valence-corrected chi connectivity index (χ1v) is 13.7. The molecule has 1 aliphatic heterocycles. The Balaban J connectivity index is 1.70. The number of phenolic OH excluding ortho intramolecular Hbond substituents is 3. The van der Waals surface area contributed by atoms with Crippen molar-refractivity contribution in [2.75, 3.05) is 21.2 Å². The predicted molar refractivity (Wildman–Crippen MR) is 146 cm³/mol. The Bertz CT molecular complexity index is 1470. The Morgan fingerprint density at radius 3 is 2.38 bits per heavy atom. The molecule has 12 nitrogen and oxygen atoms in total. The number of aliphatic hydroxyl groups is 2. The van der Waals surface area contributed by atoms with Crippen molar-refractivity contribution in [3.05, 3.63) is 51.6 Å². The number of esters is 1. The molecule has 42 heavy (non-hydrogen) atoms. The van der Waals surface area contributed by atoms with Crippen molar-refractivity contribution >= 4 is 17.5 Å². The number of carbonyl (C=O) groups excluding carboxylic acids is 3. The molecule has 5 rings (SSSR count). The van der Waals surface area contributed by atoms with E-state index in [0.29, 0.717) is 0 Å².